The van der Waals surface area contributed by atoms with Crippen LogP contribution in [0.15, 0.2) is 12.4 Å². The van der Waals surface area contributed by atoms with E-state index in [0.717, 1.165) is 25.2 Å². The van der Waals surface area contributed by atoms with Gasteiger partial charge in [-0.3, -0.25) is 0 Å². The molecule has 1 rings (SSSR count). The Balaban J connectivity index is 2.36. The number of imidazole rings is 1. The molecule has 0 spiro atoms. The Morgan fingerprint density at radius 1 is 1.47 bits per heavy atom. The van der Waals surface area contributed by atoms with Crippen molar-refractivity contribution < 1.29 is 13.5 Å². The van der Waals surface area contributed by atoms with Crippen LogP contribution >= 0.6 is 0 Å². The standard InChI is InChI=1S/C13H23F2N3O/c1-3-6-18-7-5-17-13(18)9-11(16-2)4-8-19-10-12(14)15/h5,7,11-12,16H,3-4,6,8-10H2,1-2H3. The number of nitrogens with zero attached hydrogens (tertiary/aromatic N) is 2. The number of aryl methyl sites for hydroxylation is 1. The average molecular weight is 275 g/mol. The highest BCUT2D eigenvalue weighted by Gasteiger charge is 2.12. The van der Waals surface area contributed by atoms with Crippen LogP contribution in [0.25, 0.3) is 0 Å². The van der Waals surface area contributed by atoms with Gasteiger partial charge in [0.05, 0.1) is 0 Å². The van der Waals surface area contributed by atoms with Crippen molar-refractivity contribution in [3.63, 3.8) is 0 Å². The molecule has 1 aromatic rings. The summed E-state index contributed by atoms with van der Waals surface area (Å²) in [5.41, 5.74) is 0. The van der Waals surface area contributed by atoms with Crippen LogP contribution < -0.4 is 5.32 Å². The van der Waals surface area contributed by atoms with E-state index in [-0.39, 0.29) is 6.04 Å². The van der Waals surface area contributed by atoms with Crippen molar-refractivity contribution >= 4 is 0 Å². The van der Waals surface area contributed by atoms with Crippen molar-refractivity contribution in [1.82, 2.24) is 14.9 Å². The number of nitrogens with one attached hydrogen (secondary N) is 1. The van der Waals surface area contributed by atoms with Gasteiger partial charge in [-0.2, -0.15) is 0 Å². The summed E-state index contributed by atoms with van der Waals surface area (Å²) in [7, 11) is 1.87. The number of likely N-dealkylation sites (N-methyl/N-ethyl adjacent to an activating group) is 1. The zero-order valence-electron chi connectivity index (χ0n) is 11.6. The van der Waals surface area contributed by atoms with Gasteiger partial charge in [0, 0.05) is 38.0 Å². The second-order valence-corrected chi connectivity index (χ2v) is 4.48. The number of ether oxygens (including phenoxy) is 1. The summed E-state index contributed by atoms with van der Waals surface area (Å²) in [5.74, 6) is 1.02. The maximum absolute atomic E-state index is 11.9. The van der Waals surface area contributed by atoms with Crippen LogP contribution in [-0.2, 0) is 17.7 Å². The first kappa shape index (κ1) is 16.0. The molecule has 1 N–H and O–H groups in total. The minimum atomic E-state index is -2.39. The fraction of sp³-hybridized carbons (Fsp3) is 0.769. The van der Waals surface area contributed by atoms with Gasteiger partial charge in [0.15, 0.2) is 0 Å². The van der Waals surface area contributed by atoms with Crippen molar-refractivity contribution in [2.75, 3.05) is 20.3 Å². The highest BCUT2D eigenvalue weighted by Crippen LogP contribution is 2.06. The first-order valence-electron chi connectivity index (χ1n) is 6.70. The van der Waals surface area contributed by atoms with Gasteiger partial charge in [0.25, 0.3) is 6.43 Å². The zero-order valence-corrected chi connectivity index (χ0v) is 11.6. The van der Waals surface area contributed by atoms with E-state index in [1.54, 1.807) is 6.20 Å². The first-order chi connectivity index (χ1) is 9.17. The van der Waals surface area contributed by atoms with Gasteiger partial charge in [-0.05, 0) is 19.9 Å². The first-order valence-corrected chi connectivity index (χ1v) is 6.70. The summed E-state index contributed by atoms with van der Waals surface area (Å²) < 4.78 is 30.9. The maximum Gasteiger partial charge on any atom is 0.261 e. The van der Waals surface area contributed by atoms with Crippen LogP contribution in [0.4, 0.5) is 8.78 Å². The lowest BCUT2D eigenvalue weighted by Crippen LogP contribution is -2.30. The Morgan fingerprint density at radius 2 is 2.26 bits per heavy atom. The number of hydrogen-bond acceptors (Lipinski definition) is 3. The SMILES string of the molecule is CCCn1ccnc1CC(CCOCC(F)F)NC. The smallest absolute Gasteiger partial charge is 0.261 e. The number of halogens is 2. The molecular weight excluding hydrogens is 252 g/mol. The molecule has 0 aliphatic heterocycles. The monoisotopic (exact) mass is 275 g/mol. The summed E-state index contributed by atoms with van der Waals surface area (Å²) in [4.78, 5) is 4.34. The van der Waals surface area contributed by atoms with Crippen LogP contribution in [0.5, 0.6) is 0 Å². The number of rotatable bonds is 10. The molecular formula is C13H23F2N3O. The third-order valence-electron chi connectivity index (χ3n) is 2.96. The lowest BCUT2D eigenvalue weighted by Gasteiger charge is -2.16. The molecule has 110 valence electrons. The fourth-order valence-corrected chi connectivity index (χ4v) is 1.94. The van der Waals surface area contributed by atoms with E-state index in [9.17, 15) is 8.78 Å². The Morgan fingerprint density at radius 3 is 2.89 bits per heavy atom. The number of hydrogen-bond donors (Lipinski definition) is 1. The summed E-state index contributed by atoms with van der Waals surface area (Å²) in [6.07, 6.45) is 3.91. The third kappa shape index (κ3) is 6.11. The minimum Gasteiger partial charge on any atom is -0.375 e. The number of aromatic nitrogens is 2. The van der Waals surface area contributed by atoms with Gasteiger partial charge in [-0.1, -0.05) is 6.92 Å². The second-order valence-electron chi connectivity index (χ2n) is 4.48. The Labute approximate surface area is 113 Å². The van der Waals surface area contributed by atoms with Gasteiger partial charge in [-0.15, -0.1) is 0 Å². The molecule has 0 fully saturated rings. The predicted molar refractivity (Wildman–Crippen MR) is 70.5 cm³/mol. The molecule has 0 aliphatic carbocycles. The number of alkyl halides is 2. The summed E-state index contributed by atoms with van der Waals surface area (Å²) >= 11 is 0. The molecule has 0 saturated heterocycles. The highest BCUT2D eigenvalue weighted by molar-refractivity contribution is 4.95. The molecule has 1 heterocycles. The van der Waals surface area contributed by atoms with Crippen LogP contribution in [-0.4, -0.2) is 42.3 Å². The van der Waals surface area contributed by atoms with E-state index >= 15 is 0 Å². The molecule has 1 aromatic heterocycles. The summed E-state index contributed by atoms with van der Waals surface area (Å²) in [6, 6.07) is 0.190. The molecule has 0 saturated carbocycles. The van der Waals surface area contributed by atoms with Crippen molar-refractivity contribution in [2.45, 2.75) is 45.2 Å². The summed E-state index contributed by atoms with van der Waals surface area (Å²) in [6.45, 7) is 2.93. The molecule has 19 heavy (non-hydrogen) atoms. The quantitative estimate of drug-likeness (QED) is 0.665. The van der Waals surface area contributed by atoms with E-state index in [1.165, 1.54) is 0 Å². The van der Waals surface area contributed by atoms with Crippen LogP contribution in [0.3, 0.4) is 0 Å². The zero-order chi connectivity index (χ0) is 14.1. The normalized spacial score (nSPS) is 13.1. The fourth-order valence-electron chi connectivity index (χ4n) is 1.94. The van der Waals surface area contributed by atoms with Crippen LogP contribution in [0, 0.1) is 0 Å². The van der Waals surface area contributed by atoms with E-state index in [1.807, 2.05) is 13.2 Å². The van der Waals surface area contributed by atoms with Gasteiger partial charge >= 0.3 is 0 Å². The Bertz CT molecular complexity index is 344. The van der Waals surface area contributed by atoms with Crippen molar-refractivity contribution in [2.24, 2.45) is 0 Å². The molecule has 0 aromatic carbocycles. The highest BCUT2D eigenvalue weighted by atomic mass is 19.3. The molecule has 1 atom stereocenters. The predicted octanol–water partition coefficient (Wildman–Crippen LogP) is 2.10. The largest absolute Gasteiger partial charge is 0.375 e. The molecule has 0 bridgehead atoms. The Hall–Kier alpha value is -1.01. The Kier molecular flexibility index (Phi) is 7.59. The lowest BCUT2D eigenvalue weighted by molar-refractivity contribution is 0.0145. The minimum absolute atomic E-state index is 0.190. The van der Waals surface area contributed by atoms with Crippen molar-refractivity contribution in [3.8, 4) is 0 Å². The molecule has 4 nitrogen and oxygen atoms in total. The molecule has 6 heteroatoms. The molecule has 0 radical (unpaired) electrons. The molecule has 0 aliphatic rings. The average Bonchev–Trinajstić information content (AvgIpc) is 2.80. The van der Waals surface area contributed by atoms with Gasteiger partial charge in [0.2, 0.25) is 0 Å². The van der Waals surface area contributed by atoms with Gasteiger partial charge in [0.1, 0.15) is 12.4 Å². The van der Waals surface area contributed by atoms with E-state index in [2.05, 4.69) is 21.8 Å². The lowest BCUT2D eigenvalue weighted by atomic mass is 10.1. The summed E-state index contributed by atoms with van der Waals surface area (Å²) in [5, 5.41) is 3.18. The van der Waals surface area contributed by atoms with Crippen LogP contribution in [0.1, 0.15) is 25.6 Å². The topological polar surface area (TPSA) is 39.1 Å². The maximum atomic E-state index is 11.9. The van der Waals surface area contributed by atoms with E-state index in [0.29, 0.717) is 13.0 Å². The van der Waals surface area contributed by atoms with Gasteiger partial charge < -0.3 is 14.6 Å². The molecule has 1 unspecified atom stereocenters. The molecule has 0 amide bonds. The van der Waals surface area contributed by atoms with E-state index < -0.39 is 13.0 Å². The van der Waals surface area contributed by atoms with Gasteiger partial charge in [-0.25, -0.2) is 13.8 Å². The second kappa shape index (κ2) is 8.98. The van der Waals surface area contributed by atoms with Crippen LogP contribution in [0.2, 0.25) is 0 Å². The van der Waals surface area contributed by atoms with Crippen molar-refractivity contribution in [3.05, 3.63) is 18.2 Å². The van der Waals surface area contributed by atoms with E-state index in [4.69, 9.17) is 4.74 Å². The third-order valence-corrected chi connectivity index (χ3v) is 2.96. The van der Waals surface area contributed by atoms with Crippen molar-refractivity contribution in [1.29, 1.82) is 0 Å².